The second kappa shape index (κ2) is 6.98. The first-order chi connectivity index (χ1) is 10.7. The van der Waals surface area contributed by atoms with E-state index in [0.29, 0.717) is 18.1 Å². The Morgan fingerprint density at radius 3 is 2.22 bits per heavy atom. The van der Waals surface area contributed by atoms with Crippen molar-refractivity contribution in [2.45, 2.75) is 90.4 Å². The van der Waals surface area contributed by atoms with E-state index in [9.17, 15) is 9.90 Å². The van der Waals surface area contributed by atoms with E-state index >= 15 is 0 Å². The van der Waals surface area contributed by atoms with Crippen LogP contribution in [-0.2, 0) is 4.74 Å². The third-order valence-electron chi connectivity index (χ3n) is 5.39. The Labute approximate surface area is 140 Å². The van der Waals surface area contributed by atoms with Gasteiger partial charge in [0.1, 0.15) is 5.60 Å². The van der Waals surface area contributed by atoms with Crippen LogP contribution in [0.25, 0.3) is 0 Å². The molecular weight excluding hydrogens is 292 g/mol. The number of amides is 1. The molecule has 134 valence electrons. The summed E-state index contributed by atoms with van der Waals surface area (Å²) < 4.78 is 5.58. The van der Waals surface area contributed by atoms with Crippen molar-refractivity contribution in [3.05, 3.63) is 0 Å². The topological polar surface area (TPSA) is 61.8 Å². The van der Waals surface area contributed by atoms with Crippen LogP contribution < -0.4 is 5.32 Å². The van der Waals surface area contributed by atoms with Crippen LogP contribution in [0.3, 0.4) is 0 Å². The summed E-state index contributed by atoms with van der Waals surface area (Å²) in [6.07, 6.45) is 4.93. The number of ether oxygens (including phenoxy) is 1. The van der Waals surface area contributed by atoms with Crippen LogP contribution in [0, 0.1) is 5.41 Å². The van der Waals surface area contributed by atoms with Crippen molar-refractivity contribution < 1.29 is 14.6 Å². The van der Waals surface area contributed by atoms with E-state index < -0.39 is 5.60 Å². The number of hydrogen-bond donors (Lipinski definition) is 2. The van der Waals surface area contributed by atoms with Crippen LogP contribution >= 0.6 is 0 Å². The quantitative estimate of drug-likeness (QED) is 0.815. The molecule has 3 atom stereocenters. The number of aliphatic hydroxyl groups is 1. The highest BCUT2D eigenvalue weighted by molar-refractivity contribution is 5.69. The number of hydrogen-bond acceptors (Lipinski definition) is 4. The standard InChI is InChI=1S/C18H34N2O3/c1-6-18(5,12-21)11-19-13-9-14-7-8-15(10-13)20(14)16(22)23-17(2,3)4/h13-15,19,21H,6-12H2,1-5H3. The first-order valence-corrected chi connectivity index (χ1v) is 9.03. The van der Waals surface area contributed by atoms with Crippen LogP contribution in [0.5, 0.6) is 0 Å². The Morgan fingerprint density at radius 1 is 1.22 bits per heavy atom. The summed E-state index contributed by atoms with van der Waals surface area (Å²) in [4.78, 5) is 14.4. The summed E-state index contributed by atoms with van der Waals surface area (Å²) in [5.41, 5.74) is -0.489. The zero-order valence-electron chi connectivity index (χ0n) is 15.4. The van der Waals surface area contributed by atoms with Gasteiger partial charge in [0.05, 0.1) is 0 Å². The molecule has 5 heteroatoms. The lowest BCUT2D eigenvalue weighted by molar-refractivity contribution is 0.00399. The van der Waals surface area contributed by atoms with Gasteiger partial charge in [-0.25, -0.2) is 4.79 Å². The fraction of sp³-hybridized carbons (Fsp3) is 0.944. The van der Waals surface area contributed by atoms with Gasteiger partial charge in [0.2, 0.25) is 0 Å². The van der Waals surface area contributed by atoms with E-state index in [1.807, 2.05) is 25.7 Å². The Morgan fingerprint density at radius 2 is 1.78 bits per heavy atom. The second-order valence-corrected chi connectivity index (χ2v) is 8.64. The van der Waals surface area contributed by atoms with E-state index in [1.54, 1.807) is 0 Å². The summed E-state index contributed by atoms with van der Waals surface area (Å²) >= 11 is 0. The van der Waals surface area contributed by atoms with E-state index in [1.165, 1.54) is 0 Å². The minimum atomic E-state index is -0.435. The van der Waals surface area contributed by atoms with Crippen LogP contribution in [-0.4, -0.2) is 53.0 Å². The Hall–Kier alpha value is -0.810. The number of carbonyl (C=O) groups excluding carboxylic acids is 1. The molecule has 1 amide bonds. The molecule has 0 aromatic rings. The Balaban J connectivity index is 1.90. The SMILES string of the molecule is CCC(C)(CO)CNC1CC2CCC(C1)N2C(=O)OC(C)(C)C. The molecule has 2 rings (SSSR count). The Kier molecular flexibility index (Phi) is 5.62. The van der Waals surface area contributed by atoms with Crippen LogP contribution in [0.1, 0.15) is 66.7 Å². The maximum absolute atomic E-state index is 12.4. The molecule has 0 spiro atoms. The molecule has 0 aromatic carbocycles. The number of nitrogens with one attached hydrogen (secondary N) is 1. The lowest BCUT2D eigenvalue weighted by Gasteiger charge is -2.40. The summed E-state index contributed by atoms with van der Waals surface area (Å²) in [7, 11) is 0. The highest BCUT2D eigenvalue weighted by Gasteiger charge is 2.44. The molecule has 2 fully saturated rings. The van der Waals surface area contributed by atoms with Gasteiger partial charge in [-0.05, 0) is 52.9 Å². The maximum atomic E-state index is 12.4. The van der Waals surface area contributed by atoms with Crippen molar-refractivity contribution in [2.24, 2.45) is 5.41 Å². The summed E-state index contributed by atoms with van der Waals surface area (Å²) in [5, 5.41) is 13.2. The fourth-order valence-corrected chi connectivity index (χ4v) is 3.64. The molecule has 2 saturated heterocycles. The molecule has 2 bridgehead atoms. The average molecular weight is 326 g/mol. The summed E-state index contributed by atoms with van der Waals surface area (Å²) in [6.45, 7) is 11.0. The minimum absolute atomic E-state index is 0.0542. The van der Waals surface area contributed by atoms with Crippen molar-refractivity contribution >= 4 is 6.09 Å². The lowest BCUT2D eigenvalue weighted by atomic mass is 9.87. The summed E-state index contributed by atoms with van der Waals surface area (Å²) in [5.74, 6) is 0. The van der Waals surface area contributed by atoms with Gasteiger partial charge in [0, 0.05) is 36.7 Å². The predicted molar refractivity (Wildman–Crippen MR) is 91.4 cm³/mol. The molecule has 2 aliphatic rings. The van der Waals surface area contributed by atoms with Crippen LogP contribution in [0.4, 0.5) is 4.79 Å². The van der Waals surface area contributed by atoms with Crippen molar-refractivity contribution in [1.29, 1.82) is 0 Å². The van der Waals surface area contributed by atoms with Gasteiger partial charge >= 0.3 is 6.09 Å². The molecule has 2 heterocycles. The number of fused-ring (bicyclic) bond motifs is 2. The highest BCUT2D eigenvalue weighted by Crippen LogP contribution is 2.37. The molecule has 0 radical (unpaired) electrons. The largest absolute Gasteiger partial charge is 0.444 e. The van der Waals surface area contributed by atoms with Gasteiger partial charge in [-0.1, -0.05) is 13.8 Å². The van der Waals surface area contributed by atoms with Crippen LogP contribution in [0.2, 0.25) is 0 Å². The number of nitrogens with zero attached hydrogens (tertiary/aromatic N) is 1. The fourth-order valence-electron chi connectivity index (χ4n) is 3.64. The van der Waals surface area contributed by atoms with Crippen LogP contribution in [0.15, 0.2) is 0 Å². The third-order valence-corrected chi connectivity index (χ3v) is 5.39. The number of carbonyl (C=O) groups is 1. The molecule has 2 aliphatic heterocycles. The van der Waals surface area contributed by atoms with Crippen molar-refractivity contribution in [2.75, 3.05) is 13.2 Å². The molecular formula is C18H34N2O3. The Bertz CT molecular complexity index is 401. The van der Waals surface area contributed by atoms with E-state index in [4.69, 9.17) is 4.74 Å². The molecule has 5 nitrogen and oxygen atoms in total. The highest BCUT2D eigenvalue weighted by atomic mass is 16.6. The summed E-state index contributed by atoms with van der Waals surface area (Å²) in [6, 6.07) is 1.02. The first kappa shape index (κ1) is 18.5. The van der Waals surface area contributed by atoms with Crippen molar-refractivity contribution in [3.63, 3.8) is 0 Å². The van der Waals surface area contributed by atoms with Crippen molar-refractivity contribution in [1.82, 2.24) is 10.2 Å². The number of aliphatic hydroxyl groups excluding tert-OH is 1. The van der Waals surface area contributed by atoms with Gasteiger partial charge in [-0.3, -0.25) is 0 Å². The third kappa shape index (κ3) is 4.60. The molecule has 0 aliphatic carbocycles. The van der Waals surface area contributed by atoms with Gasteiger partial charge in [-0.2, -0.15) is 0 Å². The van der Waals surface area contributed by atoms with Gasteiger partial charge in [-0.15, -0.1) is 0 Å². The zero-order chi connectivity index (χ0) is 17.3. The molecule has 3 unspecified atom stereocenters. The second-order valence-electron chi connectivity index (χ2n) is 8.64. The normalized spacial score (nSPS) is 30.2. The number of piperidine rings is 1. The zero-order valence-corrected chi connectivity index (χ0v) is 15.4. The predicted octanol–water partition coefficient (Wildman–Crippen LogP) is 2.92. The first-order valence-electron chi connectivity index (χ1n) is 9.03. The molecule has 23 heavy (non-hydrogen) atoms. The van der Waals surface area contributed by atoms with Crippen molar-refractivity contribution in [3.8, 4) is 0 Å². The van der Waals surface area contributed by atoms with E-state index in [0.717, 1.165) is 38.6 Å². The number of rotatable bonds is 5. The minimum Gasteiger partial charge on any atom is -0.444 e. The monoisotopic (exact) mass is 326 g/mol. The molecule has 2 N–H and O–H groups in total. The smallest absolute Gasteiger partial charge is 0.410 e. The van der Waals surface area contributed by atoms with E-state index in [-0.39, 0.29) is 18.1 Å². The van der Waals surface area contributed by atoms with E-state index in [2.05, 4.69) is 19.2 Å². The average Bonchev–Trinajstić information content (AvgIpc) is 2.74. The van der Waals surface area contributed by atoms with Gasteiger partial charge < -0.3 is 20.1 Å². The lowest BCUT2D eigenvalue weighted by Crippen LogP contribution is -2.53. The molecule has 0 aromatic heterocycles. The van der Waals surface area contributed by atoms with Gasteiger partial charge in [0.15, 0.2) is 0 Å². The molecule has 0 saturated carbocycles. The van der Waals surface area contributed by atoms with Gasteiger partial charge in [0.25, 0.3) is 0 Å². The maximum Gasteiger partial charge on any atom is 0.410 e.